The van der Waals surface area contributed by atoms with Gasteiger partial charge in [-0.15, -0.1) is 0 Å². The van der Waals surface area contributed by atoms with Gasteiger partial charge < -0.3 is 5.73 Å². The molecule has 3 N–H and O–H groups in total. The zero-order valence-corrected chi connectivity index (χ0v) is 11.6. The van der Waals surface area contributed by atoms with Gasteiger partial charge in [0.15, 0.2) is 0 Å². The van der Waals surface area contributed by atoms with Gasteiger partial charge in [-0.3, -0.25) is 10.1 Å². The maximum absolute atomic E-state index is 7.55. The Morgan fingerprint density at radius 3 is 2.41 bits per heavy atom. The van der Waals surface area contributed by atoms with Crippen LogP contribution in [0.25, 0.3) is 0 Å². The molecule has 0 aliphatic heterocycles. The Bertz CT molecular complexity index is 415. The molecule has 1 rings (SSSR count). The van der Waals surface area contributed by atoms with Crippen LogP contribution in [0.2, 0.25) is 0 Å². The fourth-order valence-corrected chi connectivity index (χ4v) is 1.98. The van der Waals surface area contributed by atoms with E-state index >= 15 is 0 Å². The van der Waals surface area contributed by atoms with Gasteiger partial charge in [-0.2, -0.15) is 5.10 Å². The lowest BCUT2D eigenvalue weighted by molar-refractivity contribution is 0.407. The Morgan fingerprint density at radius 2 is 2.00 bits per heavy atom. The molecular formula is C13H24N4. The lowest BCUT2D eigenvalue weighted by atomic mass is 9.88. The van der Waals surface area contributed by atoms with E-state index in [1.807, 2.05) is 18.5 Å². The molecule has 0 aliphatic rings. The molecule has 0 aliphatic carbocycles. The lowest BCUT2D eigenvalue weighted by Gasteiger charge is -2.22. The summed E-state index contributed by atoms with van der Waals surface area (Å²) in [6.45, 7) is 11.1. The minimum absolute atomic E-state index is 0.245. The number of hydrogen-bond acceptors (Lipinski definition) is 2. The second-order valence-electron chi connectivity index (χ2n) is 5.27. The molecule has 0 saturated carbocycles. The van der Waals surface area contributed by atoms with E-state index < -0.39 is 0 Å². The first-order valence-electron chi connectivity index (χ1n) is 6.17. The number of amidine groups is 1. The van der Waals surface area contributed by atoms with Crippen LogP contribution in [0.5, 0.6) is 0 Å². The van der Waals surface area contributed by atoms with Crippen LogP contribution in [0, 0.1) is 24.7 Å². The smallest absolute Gasteiger partial charge is 0.0963 e. The molecule has 1 aromatic heterocycles. The van der Waals surface area contributed by atoms with Crippen molar-refractivity contribution in [1.29, 1.82) is 5.41 Å². The van der Waals surface area contributed by atoms with Crippen molar-refractivity contribution in [2.24, 2.45) is 11.1 Å². The van der Waals surface area contributed by atoms with Gasteiger partial charge >= 0.3 is 0 Å². The highest BCUT2D eigenvalue weighted by Crippen LogP contribution is 2.22. The number of nitrogens with one attached hydrogen (secondary N) is 1. The molecule has 0 radical (unpaired) electrons. The van der Waals surface area contributed by atoms with Gasteiger partial charge in [0.25, 0.3) is 0 Å². The third-order valence-corrected chi connectivity index (χ3v) is 3.56. The van der Waals surface area contributed by atoms with Gasteiger partial charge in [0.2, 0.25) is 0 Å². The summed E-state index contributed by atoms with van der Waals surface area (Å²) < 4.78 is 2.04. The molecule has 0 saturated heterocycles. The van der Waals surface area contributed by atoms with Gasteiger partial charge in [0.05, 0.1) is 11.5 Å². The highest BCUT2D eigenvalue weighted by atomic mass is 15.3. The summed E-state index contributed by atoms with van der Waals surface area (Å²) in [5.41, 5.74) is 9.03. The quantitative estimate of drug-likeness (QED) is 0.609. The van der Waals surface area contributed by atoms with Gasteiger partial charge in [0, 0.05) is 17.7 Å². The summed E-state index contributed by atoms with van der Waals surface area (Å²) in [6, 6.07) is 0. The summed E-state index contributed by atoms with van der Waals surface area (Å²) in [5.74, 6) is 0.245. The monoisotopic (exact) mass is 236 g/mol. The number of nitrogens with two attached hydrogens (primary N) is 1. The lowest BCUT2D eigenvalue weighted by Crippen LogP contribution is -2.32. The van der Waals surface area contributed by atoms with Crippen LogP contribution in [0.3, 0.4) is 0 Å². The second-order valence-corrected chi connectivity index (χ2v) is 5.27. The number of aromatic nitrogens is 2. The maximum atomic E-state index is 7.55. The molecule has 17 heavy (non-hydrogen) atoms. The van der Waals surface area contributed by atoms with Crippen LogP contribution in [-0.4, -0.2) is 15.6 Å². The molecule has 0 aromatic carbocycles. The van der Waals surface area contributed by atoms with Crippen molar-refractivity contribution in [3.05, 3.63) is 17.0 Å². The topological polar surface area (TPSA) is 67.7 Å². The predicted octanol–water partition coefficient (Wildman–Crippen LogP) is 2.41. The van der Waals surface area contributed by atoms with E-state index in [-0.39, 0.29) is 11.3 Å². The molecule has 0 bridgehead atoms. The third kappa shape index (κ3) is 2.87. The normalized spacial score (nSPS) is 11.8. The van der Waals surface area contributed by atoms with E-state index in [0.29, 0.717) is 0 Å². The van der Waals surface area contributed by atoms with Gasteiger partial charge in [-0.1, -0.05) is 20.8 Å². The van der Waals surface area contributed by atoms with E-state index in [1.165, 1.54) is 11.3 Å². The van der Waals surface area contributed by atoms with Gasteiger partial charge in [-0.05, 0) is 32.3 Å². The zero-order chi connectivity index (χ0) is 13.2. The van der Waals surface area contributed by atoms with Crippen molar-refractivity contribution in [2.75, 3.05) is 0 Å². The molecule has 4 heteroatoms. The largest absolute Gasteiger partial charge is 0.387 e. The summed E-state index contributed by atoms with van der Waals surface area (Å²) in [6.07, 6.45) is 1.86. The first-order valence-corrected chi connectivity index (χ1v) is 6.17. The van der Waals surface area contributed by atoms with Crippen molar-refractivity contribution in [3.8, 4) is 0 Å². The van der Waals surface area contributed by atoms with Crippen LogP contribution < -0.4 is 5.73 Å². The van der Waals surface area contributed by atoms with Crippen molar-refractivity contribution in [1.82, 2.24) is 9.78 Å². The average Bonchev–Trinajstić information content (AvgIpc) is 2.50. The SMILES string of the molecule is CCc1c(C)nn(CCC(C)(C)C(=N)N)c1C. The fourth-order valence-electron chi connectivity index (χ4n) is 1.98. The molecule has 96 valence electrons. The van der Waals surface area contributed by atoms with Gasteiger partial charge in [0.1, 0.15) is 0 Å². The van der Waals surface area contributed by atoms with Crippen molar-refractivity contribution >= 4 is 5.84 Å². The van der Waals surface area contributed by atoms with Crippen LogP contribution in [0.1, 0.15) is 44.1 Å². The zero-order valence-electron chi connectivity index (χ0n) is 11.6. The number of nitrogens with zero attached hydrogens (tertiary/aromatic N) is 2. The van der Waals surface area contributed by atoms with Crippen LogP contribution in [0.4, 0.5) is 0 Å². The van der Waals surface area contributed by atoms with Crippen molar-refractivity contribution < 1.29 is 0 Å². The Hall–Kier alpha value is -1.32. The van der Waals surface area contributed by atoms with Crippen LogP contribution >= 0.6 is 0 Å². The number of rotatable bonds is 5. The third-order valence-electron chi connectivity index (χ3n) is 3.56. The summed E-state index contributed by atoms with van der Waals surface area (Å²) in [4.78, 5) is 0. The molecule has 0 fully saturated rings. The van der Waals surface area contributed by atoms with Gasteiger partial charge in [-0.25, -0.2) is 0 Å². The summed E-state index contributed by atoms with van der Waals surface area (Å²) in [7, 11) is 0. The fraction of sp³-hybridized carbons (Fsp3) is 0.692. The average molecular weight is 236 g/mol. The Morgan fingerprint density at radius 1 is 1.41 bits per heavy atom. The molecule has 0 atom stereocenters. The van der Waals surface area contributed by atoms with E-state index in [1.54, 1.807) is 0 Å². The minimum Gasteiger partial charge on any atom is -0.387 e. The first kappa shape index (κ1) is 13.7. The number of aryl methyl sites for hydroxylation is 2. The van der Waals surface area contributed by atoms with Crippen LogP contribution in [0.15, 0.2) is 0 Å². The van der Waals surface area contributed by atoms with Crippen molar-refractivity contribution in [2.45, 2.75) is 54.0 Å². The van der Waals surface area contributed by atoms with E-state index in [0.717, 1.165) is 25.1 Å². The molecule has 4 nitrogen and oxygen atoms in total. The molecule has 1 aromatic rings. The first-order chi connectivity index (χ1) is 7.79. The molecular weight excluding hydrogens is 212 g/mol. The molecule has 0 spiro atoms. The Labute approximate surface area is 104 Å². The summed E-state index contributed by atoms with van der Waals surface area (Å²) in [5, 5.41) is 12.1. The number of hydrogen-bond donors (Lipinski definition) is 2. The Balaban J connectivity index is 2.80. The summed E-state index contributed by atoms with van der Waals surface area (Å²) >= 11 is 0. The van der Waals surface area contributed by atoms with E-state index in [9.17, 15) is 0 Å². The molecule has 1 heterocycles. The molecule has 0 amide bonds. The van der Waals surface area contributed by atoms with Crippen LogP contribution in [-0.2, 0) is 13.0 Å². The standard InChI is InChI=1S/C13H24N4/c1-6-11-9(2)16-17(10(11)3)8-7-13(4,5)12(14)15/h6-8H2,1-5H3,(H3,14,15). The maximum Gasteiger partial charge on any atom is 0.0963 e. The Kier molecular flexibility index (Phi) is 3.96. The highest BCUT2D eigenvalue weighted by molar-refractivity contribution is 5.82. The second kappa shape index (κ2) is 4.90. The van der Waals surface area contributed by atoms with Crippen molar-refractivity contribution in [3.63, 3.8) is 0 Å². The minimum atomic E-state index is -0.251. The predicted molar refractivity (Wildman–Crippen MR) is 71.4 cm³/mol. The highest BCUT2D eigenvalue weighted by Gasteiger charge is 2.22. The van der Waals surface area contributed by atoms with E-state index in [2.05, 4.69) is 25.9 Å². The molecule has 0 unspecified atom stereocenters. The van der Waals surface area contributed by atoms with E-state index in [4.69, 9.17) is 11.1 Å².